The molecule has 1 aromatic carbocycles. The van der Waals surface area contributed by atoms with Gasteiger partial charge in [-0.05, 0) is 38.5 Å². The van der Waals surface area contributed by atoms with E-state index in [1.54, 1.807) is 6.07 Å². The number of morpholine rings is 1. The van der Waals surface area contributed by atoms with Gasteiger partial charge in [0.05, 0.1) is 11.7 Å². The summed E-state index contributed by atoms with van der Waals surface area (Å²) in [5.74, 6) is -0.420. The van der Waals surface area contributed by atoms with Crippen LogP contribution in [-0.2, 0) is 11.3 Å². The van der Waals surface area contributed by atoms with Crippen LogP contribution in [0.2, 0.25) is 0 Å². The van der Waals surface area contributed by atoms with Gasteiger partial charge in [0.25, 0.3) is 0 Å². The summed E-state index contributed by atoms with van der Waals surface area (Å²) < 4.78 is 19.0. The molecule has 2 rings (SSSR count). The SMILES string of the molecule is CC1CN(Cc2cc(O)cc(F)c2)CC(C)(C)O1. The van der Waals surface area contributed by atoms with Crippen LogP contribution in [0.5, 0.6) is 5.75 Å². The molecule has 0 saturated carbocycles. The van der Waals surface area contributed by atoms with Crippen molar-refractivity contribution in [1.82, 2.24) is 4.90 Å². The van der Waals surface area contributed by atoms with Crippen molar-refractivity contribution in [3.8, 4) is 5.75 Å². The van der Waals surface area contributed by atoms with Gasteiger partial charge >= 0.3 is 0 Å². The first-order chi connectivity index (χ1) is 8.34. The molecule has 0 bridgehead atoms. The summed E-state index contributed by atoms with van der Waals surface area (Å²) in [6.45, 7) is 8.39. The second-order valence-electron chi connectivity index (χ2n) is 5.68. The highest BCUT2D eigenvalue weighted by molar-refractivity contribution is 5.28. The Kier molecular flexibility index (Phi) is 3.59. The molecule has 4 heteroatoms. The molecule has 1 heterocycles. The highest BCUT2D eigenvalue weighted by atomic mass is 19.1. The Balaban J connectivity index is 2.08. The van der Waals surface area contributed by atoms with E-state index in [2.05, 4.69) is 18.7 Å². The Morgan fingerprint density at radius 2 is 2.17 bits per heavy atom. The molecule has 1 N–H and O–H groups in total. The Bertz CT molecular complexity index is 414. The van der Waals surface area contributed by atoms with E-state index in [1.807, 2.05) is 6.92 Å². The fourth-order valence-corrected chi connectivity index (χ4v) is 2.69. The lowest BCUT2D eigenvalue weighted by Crippen LogP contribution is -2.51. The summed E-state index contributed by atoms with van der Waals surface area (Å²) in [4.78, 5) is 2.22. The van der Waals surface area contributed by atoms with Crippen LogP contribution in [-0.4, -0.2) is 34.8 Å². The van der Waals surface area contributed by atoms with Crippen LogP contribution in [0.4, 0.5) is 4.39 Å². The summed E-state index contributed by atoms with van der Waals surface area (Å²) in [7, 11) is 0. The number of nitrogens with zero attached hydrogens (tertiary/aromatic N) is 1. The zero-order chi connectivity index (χ0) is 13.3. The van der Waals surface area contributed by atoms with E-state index >= 15 is 0 Å². The molecule has 1 aliphatic rings. The molecule has 1 atom stereocenters. The van der Waals surface area contributed by atoms with Crippen LogP contribution in [0.25, 0.3) is 0 Å². The number of phenolic OH excluding ortho intramolecular Hbond substituents is 1. The second-order valence-corrected chi connectivity index (χ2v) is 5.68. The van der Waals surface area contributed by atoms with Crippen LogP contribution in [0, 0.1) is 5.82 Å². The maximum absolute atomic E-state index is 13.2. The fraction of sp³-hybridized carbons (Fsp3) is 0.571. The van der Waals surface area contributed by atoms with Gasteiger partial charge in [-0.1, -0.05) is 0 Å². The van der Waals surface area contributed by atoms with Crippen molar-refractivity contribution in [1.29, 1.82) is 0 Å². The molecular weight excluding hydrogens is 233 g/mol. The summed E-state index contributed by atoms with van der Waals surface area (Å²) in [6, 6.07) is 4.19. The smallest absolute Gasteiger partial charge is 0.127 e. The number of phenols is 1. The fourth-order valence-electron chi connectivity index (χ4n) is 2.69. The largest absolute Gasteiger partial charge is 0.508 e. The number of ether oxygens (including phenoxy) is 1. The number of benzene rings is 1. The van der Waals surface area contributed by atoms with E-state index in [1.165, 1.54) is 6.07 Å². The van der Waals surface area contributed by atoms with E-state index in [0.29, 0.717) is 6.54 Å². The van der Waals surface area contributed by atoms with E-state index in [4.69, 9.17) is 4.74 Å². The third-order valence-corrected chi connectivity index (χ3v) is 2.99. The molecule has 0 aromatic heterocycles. The van der Waals surface area contributed by atoms with Crippen molar-refractivity contribution in [2.45, 2.75) is 39.0 Å². The normalized spacial score (nSPS) is 24.1. The van der Waals surface area contributed by atoms with E-state index in [9.17, 15) is 9.50 Å². The van der Waals surface area contributed by atoms with Crippen molar-refractivity contribution in [3.63, 3.8) is 0 Å². The van der Waals surface area contributed by atoms with E-state index < -0.39 is 5.82 Å². The van der Waals surface area contributed by atoms with E-state index in [0.717, 1.165) is 24.7 Å². The molecule has 0 aliphatic carbocycles. The molecule has 0 amide bonds. The molecule has 1 unspecified atom stereocenters. The minimum absolute atomic E-state index is 0.0226. The highest BCUT2D eigenvalue weighted by Crippen LogP contribution is 2.23. The van der Waals surface area contributed by atoms with Gasteiger partial charge in [-0.3, -0.25) is 4.90 Å². The summed E-state index contributed by atoms with van der Waals surface area (Å²) in [5, 5.41) is 9.39. The first-order valence-electron chi connectivity index (χ1n) is 6.23. The Morgan fingerprint density at radius 1 is 1.44 bits per heavy atom. The quantitative estimate of drug-likeness (QED) is 0.879. The maximum atomic E-state index is 13.2. The summed E-state index contributed by atoms with van der Waals surface area (Å²) >= 11 is 0. The van der Waals surface area contributed by atoms with Gasteiger partial charge in [0.15, 0.2) is 0 Å². The van der Waals surface area contributed by atoms with Gasteiger partial charge in [-0.15, -0.1) is 0 Å². The van der Waals surface area contributed by atoms with Crippen molar-refractivity contribution in [2.75, 3.05) is 13.1 Å². The molecule has 0 spiro atoms. The molecule has 0 radical (unpaired) electrons. The van der Waals surface area contributed by atoms with Crippen molar-refractivity contribution < 1.29 is 14.2 Å². The van der Waals surface area contributed by atoms with Gasteiger partial charge < -0.3 is 9.84 Å². The number of hydrogen-bond donors (Lipinski definition) is 1. The van der Waals surface area contributed by atoms with Gasteiger partial charge in [0.1, 0.15) is 11.6 Å². The predicted octanol–water partition coefficient (Wildman–Crippen LogP) is 2.53. The van der Waals surface area contributed by atoms with Gasteiger partial charge in [-0.25, -0.2) is 4.39 Å². The Hall–Kier alpha value is -1.13. The van der Waals surface area contributed by atoms with Gasteiger partial charge in [0, 0.05) is 25.7 Å². The average molecular weight is 253 g/mol. The van der Waals surface area contributed by atoms with E-state index in [-0.39, 0.29) is 17.5 Å². The average Bonchev–Trinajstić information content (AvgIpc) is 2.10. The summed E-state index contributed by atoms with van der Waals surface area (Å²) in [6.07, 6.45) is 0.163. The lowest BCUT2D eigenvalue weighted by atomic mass is 10.0. The first-order valence-corrected chi connectivity index (χ1v) is 6.23. The molecule has 1 fully saturated rings. The van der Waals surface area contributed by atoms with Crippen LogP contribution in [0.1, 0.15) is 26.3 Å². The standard InChI is InChI=1S/C14H20FNO2/c1-10-7-16(9-14(2,3)18-10)8-11-4-12(15)6-13(17)5-11/h4-6,10,17H,7-9H2,1-3H3. The highest BCUT2D eigenvalue weighted by Gasteiger charge is 2.31. The van der Waals surface area contributed by atoms with Gasteiger partial charge in [0.2, 0.25) is 0 Å². The topological polar surface area (TPSA) is 32.7 Å². The molecule has 1 aliphatic heterocycles. The zero-order valence-corrected chi connectivity index (χ0v) is 11.1. The predicted molar refractivity (Wildman–Crippen MR) is 68.0 cm³/mol. The third-order valence-electron chi connectivity index (χ3n) is 2.99. The number of rotatable bonds is 2. The minimum atomic E-state index is -0.398. The lowest BCUT2D eigenvalue weighted by molar-refractivity contribution is -0.130. The molecule has 3 nitrogen and oxygen atoms in total. The second kappa shape index (κ2) is 4.86. The van der Waals surface area contributed by atoms with Crippen LogP contribution >= 0.6 is 0 Å². The summed E-state index contributed by atoms with van der Waals surface area (Å²) in [5.41, 5.74) is 0.602. The van der Waals surface area contributed by atoms with Gasteiger partial charge in [-0.2, -0.15) is 0 Å². The first kappa shape index (κ1) is 13.3. The molecule has 18 heavy (non-hydrogen) atoms. The lowest BCUT2D eigenvalue weighted by Gasteiger charge is -2.41. The van der Waals surface area contributed by atoms with Crippen LogP contribution < -0.4 is 0 Å². The molecule has 1 saturated heterocycles. The minimum Gasteiger partial charge on any atom is -0.508 e. The van der Waals surface area contributed by atoms with Crippen LogP contribution in [0.15, 0.2) is 18.2 Å². The van der Waals surface area contributed by atoms with Crippen LogP contribution in [0.3, 0.4) is 0 Å². The third kappa shape index (κ3) is 3.43. The molecule has 100 valence electrons. The Morgan fingerprint density at radius 3 is 2.78 bits per heavy atom. The number of hydrogen-bond acceptors (Lipinski definition) is 3. The zero-order valence-electron chi connectivity index (χ0n) is 11.1. The van der Waals surface area contributed by atoms with Crippen molar-refractivity contribution >= 4 is 0 Å². The molecule has 1 aromatic rings. The number of halogens is 1. The maximum Gasteiger partial charge on any atom is 0.127 e. The number of aromatic hydroxyl groups is 1. The van der Waals surface area contributed by atoms with Crippen molar-refractivity contribution in [2.24, 2.45) is 0 Å². The Labute approximate surface area is 107 Å². The van der Waals surface area contributed by atoms with Crippen molar-refractivity contribution in [3.05, 3.63) is 29.6 Å². The monoisotopic (exact) mass is 253 g/mol. The molecular formula is C14H20FNO2.